The first-order chi connectivity index (χ1) is 9.17. The third-order valence-corrected chi connectivity index (χ3v) is 2.30. The summed E-state index contributed by atoms with van der Waals surface area (Å²) >= 11 is 0. The molecule has 1 aromatic carbocycles. The molecule has 1 aromatic heterocycles. The molecule has 0 aliphatic rings. The van der Waals surface area contributed by atoms with E-state index in [1.54, 1.807) is 19.1 Å². The molecule has 0 fully saturated rings. The van der Waals surface area contributed by atoms with E-state index in [2.05, 4.69) is 15.5 Å². The normalized spacial score (nSPS) is 10.2. The number of carbonyl (C=O) groups is 1. The molecule has 0 unspecified atom stereocenters. The molecule has 2 rings (SSSR count). The number of nitrogens with two attached hydrogens (primary N) is 1. The molecule has 0 saturated heterocycles. The summed E-state index contributed by atoms with van der Waals surface area (Å²) in [6.07, 6.45) is 0. The molecule has 0 spiro atoms. The van der Waals surface area contributed by atoms with Crippen LogP contribution in [0.4, 0.5) is 6.01 Å². The van der Waals surface area contributed by atoms with Crippen LogP contribution in [-0.2, 0) is 11.3 Å². The van der Waals surface area contributed by atoms with Crippen molar-refractivity contribution in [3.63, 3.8) is 0 Å². The van der Waals surface area contributed by atoms with Crippen LogP contribution in [0, 0.1) is 6.92 Å². The largest absolute Gasteiger partial charge is 0.484 e. The lowest BCUT2D eigenvalue weighted by atomic mass is 10.2. The van der Waals surface area contributed by atoms with Crippen LogP contribution < -0.4 is 15.8 Å². The second-order valence-corrected chi connectivity index (χ2v) is 3.81. The Kier molecular flexibility index (Phi) is 4.09. The van der Waals surface area contributed by atoms with Gasteiger partial charge in [-0.05, 0) is 17.7 Å². The van der Waals surface area contributed by atoms with Crippen molar-refractivity contribution in [2.45, 2.75) is 13.5 Å². The molecule has 0 atom stereocenters. The van der Waals surface area contributed by atoms with Gasteiger partial charge in [0, 0.05) is 13.5 Å². The maximum atomic E-state index is 11.5. The monoisotopic (exact) mass is 262 g/mol. The lowest BCUT2D eigenvalue weighted by Gasteiger charge is -2.05. The highest BCUT2D eigenvalue weighted by Gasteiger charge is 2.08. The number of nitrogens with one attached hydrogen (secondary N) is 1. The highest BCUT2D eigenvalue weighted by molar-refractivity contribution is 5.89. The molecule has 0 radical (unpaired) electrons. The number of benzene rings is 1. The molecular weight excluding hydrogens is 248 g/mol. The third kappa shape index (κ3) is 3.78. The zero-order chi connectivity index (χ0) is 13.7. The summed E-state index contributed by atoms with van der Waals surface area (Å²) in [5.74, 6) is 0.606. The van der Waals surface area contributed by atoms with Gasteiger partial charge in [0.2, 0.25) is 5.89 Å². The van der Waals surface area contributed by atoms with Crippen molar-refractivity contribution in [2.24, 2.45) is 5.73 Å². The molecule has 0 aliphatic carbocycles. The summed E-state index contributed by atoms with van der Waals surface area (Å²) in [6.45, 7) is 1.97. The third-order valence-electron chi connectivity index (χ3n) is 2.30. The van der Waals surface area contributed by atoms with Crippen molar-refractivity contribution < 1.29 is 13.9 Å². The van der Waals surface area contributed by atoms with Crippen LogP contribution in [0.3, 0.4) is 0 Å². The Hall–Kier alpha value is -2.41. The molecule has 1 amide bonds. The predicted octanol–water partition coefficient (Wildman–Crippen LogP) is 0.854. The van der Waals surface area contributed by atoms with Gasteiger partial charge in [0.1, 0.15) is 5.75 Å². The minimum absolute atomic E-state index is 0.0598. The first-order valence-electron chi connectivity index (χ1n) is 5.69. The van der Waals surface area contributed by atoms with Crippen molar-refractivity contribution in [3.8, 4) is 5.75 Å². The summed E-state index contributed by atoms with van der Waals surface area (Å²) in [7, 11) is 0. The number of aryl methyl sites for hydroxylation is 1. The Morgan fingerprint density at radius 1 is 1.37 bits per heavy atom. The summed E-state index contributed by atoms with van der Waals surface area (Å²) in [4.78, 5) is 11.5. The quantitative estimate of drug-likeness (QED) is 0.828. The molecular formula is C12H14N4O3. The molecule has 3 N–H and O–H groups in total. The van der Waals surface area contributed by atoms with Crippen molar-refractivity contribution in [1.29, 1.82) is 0 Å². The standard InChI is InChI=1S/C12H14N4O3/c1-8-15-16-12(19-8)14-11(17)7-18-10-4-2-9(6-13)3-5-10/h2-5H,6-7,13H2,1H3,(H,14,16,17). The average molecular weight is 262 g/mol. The summed E-state index contributed by atoms with van der Waals surface area (Å²) in [5.41, 5.74) is 6.48. The maximum Gasteiger partial charge on any atom is 0.322 e. The second kappa shape index (κ2) is 5.96. The maximum absolute atomic E-state index is 11.5. The lowest BCUT2D eigenvalue weighted by molar-refractivity contribution is -0.118. The van der Waals surface area contributed by atoms with E-state index in [-0.39, 0.29) is 18.5 Å². The topological polar surface area (TPSA) is 103 Å². The van der Waals surface area contributed by atoms with E-state index in [4.69, 9.17) is 14.9 Å². The van der Waals surface area contributed by atoms with Gasteiger partial charge >= 0.3 is 6.01 Å². The van der Waals surface area contributed by atoms with Crippen molar-refractivity contribution in [2.75, 3.05) is 11.9 Å². The van der Waals surface area contributed by atoms with Crippen LogP contribution in [0.1, 0.15) is 11.5 Å². The van der Waals surface area contributed by atoms with Crippen LogP contribution in [0.25, 0.3) is 0 Å². The molecule has 7 nitrogen and oxygen atoms in total. The van der Waals surface area contributed by atoms with Gasteiger partial charge < -0.3 is 14.9 Å². The second-order valence-electron chi connectivity index (χ2n) is 3.81. The zero-order valence-corrected chi connectivity index (χ0v) is 10.4. The Morgan fingerprint density at radius 2 is 2.11 bits per heavy atom. The summed E-state index contributed by atoms with van der Waals surface area (Å²) in [5, 5.41) is 9.67. The Balaban J connectivity index is 1.82. The zero-order valence-electron chi connectivity index (χ0n) is 10.4. The molecule has 0 saturated carbocycles. The number of rotatable bonds is 5. The van der Waals surface area contributed by atoms with Crippen LogP contribution >= 0.6 is 0 Å². The fourth-order valence-corrected chi connectivity index (χ4v) is 1.37. The number of anilines is 1. The van der Waals surface area contributed by atoms with Gasteiger partial charge in [-0.15, -0.1) is 5.10 Å². The van der Waals surface area contributed by atoms with E-state index in [1.807, 2.05) is 12.1 Å². The Morgan fingerprint density at radius 3 is 2.68 bits per heavy atom. The predicted molar refractivity (Wildman–Crippen MR) is 67.5 cm³/mol. The van der Waals surface area contributed by atoms with Gasteiger partial charge in [-0.1, -0.05) is 17.2 Å². The number of hydrogen-bond acceptors (Lipinski definition) is 6. The highest BCUT2D eigenvalue weighted by atomic mass is 16.5. The van der Waals surface area contributed by atoms with Gasteiger partial charge in [-0.25, -0.2) is 0 Å². The number of hydrogen-bond donors (Lipinski definition) is 2. The van der Waals surface area contributed by atoms with E-state index in [0.29, 0.717) is 18.2 Å². The molecule has 19 heavy (non-hydrogen) atoms. The van der Waals surface area contributed by atoms with Gasteiger partial charge in [-0.2, -0.15) is 0 Å². The van der Waals surface area contributed by atoms with Crippen molar-refractivity contribution in [1.82, 2.24) is 10.2 Å². The first-order valence-corrected chi connectivity index (χ1v) is 5.69. The molecule has 1 heterocycles. The van der Waals surface area contributed by atoms with Crippen LogP contribution in [0.15, 0.2) is 28.7 Å². The fourth-order valence-electron chi connectivity index (χ4n) is 1.37. The average Bonchev–Trinajstić information content (AvgIpc) is 2.82. The fraction of sp³-hybridized carbons (Fsp3) is 0.250. The van der Waals surface area contributed by atoms with Crippen LogP contribution in [-0.4, -0.2) is 22.7 Å². The Bertz CT molecular complexity index is 550. The van der Waals surface area contributed by atoms with Gasteiger partial charge in [-0.3, -0.25) is 10.1 Å². The van der Waals surface area contributed by atoms with Gasteiger partial charge in [0.25, 0.3) is 5.91 Å². The Labute approximate surface area is 109 Å². The molecule has 2 aromatic rings. The number of carbonyl (C=O) groups excluding carboxylic acids is 1. The van der Waals surface area contributed by atoms with E-state index in [1.165, 1.54) is 0 Å². The van der Waals surface area contributed by atoms with E-state index < -0.39 is 0 Å². The highest BCUT2D eigenvalue weighted by Crippen LogP contribution is 2.12. The van der Waals surface area contributed by atoms with Crippen molar-refractivity contribution >= 4 is 11.9 Å². The smallest absolute Gasteiger partial charge is 0.322 e. The number of ether oxygens (including phenoxy) is 1. The summed E-state index contributed by atoms with van der Waals surface area (Å²) in [6, 6.07) is 7.26. The van der Waals surface area contributed by atoms with E-state index in [9.17, 15) is 4.79 Å². The van der Waals surface area contributed by atoms with Gasteiger partial charge in [0.05, 0.1) is 0 Å². The SMILES string of the molecule is Cc1nnc(NC(=O)COc2ccc(CN)cc2)o1. The van der Waals surface area contributed by atoms with Crippen LogP contribution in [0.5, 0.6) is 5.75 Å². The summed E-state index contributed by atoms with van der Waals surface area (Å²) < 4.78 is 10.3. The van der Waals surface area contributed by atoms with Crippen LogP contribution in [0.2, 0.25) is 0 Å². The molecule has 100 valence electrons. The first kappa shape index (κ1) is 13.0. The molecule has 7 heteroatoms. The van der Waals surface area contributed by atoms with Gasteiger partial charge in [0.15, 0.2) is 6.61 Å². The minimum atomic E-state index is -0.369. The number of nitrogens with zero attached hydrogens (tertiary/aromatic N) is 2. The van der Waals surface area contributed by atoms with Crippen molar-refractivity contribution in [3.05, 3.63) is 35.7 Å². The minimum Gasteiger partial charge on any atom is -0.484 e. The van der Waals surface area contributed by atoms with E-state index in [0.717, 1.165) is 5.56 Å². The molecule has 0 bridgehead atoms. The van der Waals surface area contributed by atoms with E-state index >= 15 is 0 Å². The lowest BCUT2D eigenvalue weighted by Crippen LogP contribution is -2.20. The molecule has 0 aliphatic heterocycles. The number of amides is 1. The number of aromatic nitrogens is 2.